The van der Waals surface area contributed by atoms with E-state index in [-0.39, 0.29) is 11.7 Å². The number of carbonyl (C=O) groups excluding carboxylic acids is 2. The topological polar surface area (TPSA) is 70.7 Å². The van der Waals surface area contributed by atoms with E-state index in [1.165, 1.54) is 25.0 Å². The van der Waals surface area contributed by atoms with Gasteiger partial charge < -0.3 is 15.4 Å². The third-order valence-electron chi connectivity index (χ3n) is 5.02. The van der Waals surface area contributed by atoms with Crippen molar-refractivity contribution < 1.29 is 27.5 Å². The molecule has 168 valence electrons. The number of amides is 2. The molecule has 1 unspecified atom stereocenters. The monoisotopic (exact) mass is 455 g/mol. The highest BCUT2D eigenvalue weighted by atomic mass is 32.1. The maximum absolute atomic E-state index is 12.3. The van der Waals surface area contributed by atoms with Crippen LogP contribution in [-0.2, 0) is 9.59 Å². The molecule has 1 aromatic heterocycles. The molecule has 0 aliphatic carbocycles. The molecule has 0 radical (unpaired) electrons. The van der Waals surface area contributed by atoms with Crippen LogP contribution in [0.4, 0.5) is 18.9 Å². The smallest absolute Gasteiger partial charge is 0.406 e. The number of ether oxygens (including phenoxy) is 1. The van der Waals surface area contributed by atoms with E-state index in [2.05, 4.69) is 20.3 Å². The third-order valence-corrected chi connectivity index (χ3v) is 5.72. The zero-order valence-corrected chi connectivity index (χ0v) is 17.6. The number of hydrogen-bond donors (Lipinski definition) is 2. The van der Waals surface area contributed by atoms with E-state index in [1.807, 2.05) is 16.8 Å². The van der Waals surface area contributed by atoms with Gasteiger partial charge in [0.1, 0.15) is 5.75 Å². The average Bonchev–Trinajstić information content (AvgIpc) is 3.11. The molecule has 0 spiro atoms. The number of hydrogen-bond acceptors (Lipinski definition) is 5. The molecule has 6 nitrogen and oxygen atoms in total. The Balaban J connectivity index is 1.56. The summed E-state index contributed by atoms with van der Waals surface area (Å²) in [5.74, 6) is -2.10. The van der Waals surface area contributed by atoms with Gasteiger partial charge in [-0.25, -0.2) is 0 Å². The number of halogens is 3. The number of thiophene rings is 1. The first-order valence-electron chi connectivity index (χ1n) is 10.0. The van der Waals surface area contributed by atoms with Gasteiger partial charge in [0.25, 0.3) is 0 Å². The summed E-state index contributed by atoms with van der Waals surface area (Å²) < 4.78 is 40.4. The molecular formula is C21H24F3N3O3S. The van der Waals surface area contributed by atoms with Crippen molar-refractivity contribution in [1.29, 1.82) is 0 Å². The summed E-state index contributed by atoms with van der Waals surface area (Å²) in [4.78, 5) is 26.9. The van der Waals surface area contributed by atoms with Gasteiger partial charge >= 0.3 is 18.2 Å². The van der Waals surface area contributed by atoms with Gasteiger partial charge in [-0.15, -0.1) is 13.2 Å². The molecule has 1 fully saturated rings. The molecule has 1 aliphatic heterocycles. The standard InChI is InChI=1S/C21H24F3N3O3S/c22-21(23,24)30-17-7-5-16(6-8-17)26-20(29)19(28)25-13-18(15-9-12-31-14-15)27-10-3-1-2-4-11-27/h5-9,12,14,18H,1-4,10-11,13H2,(H,25,28)(H,26,29). The van der Waals surface area contributed by atoms with Gasteiger partial charge in [-0.1, -0.05) is 12.8 Å². The van der Waals surface area contributed by atoms with E-state index >= 15 is 0 Å². The van der Waals surface area contributed by atoms with Gasteiger partial charge in [-0.2, -0.15) is 11.3 Å². The molecule has 1 aromatic carbocycles. The largest absolute Gasteiger partial charge is 0.573 e. The summed E-state index contributed by atoms with van der Waals surface area (Å²) in [6.07, 6.45) is -0.216. The maximum atomic E-state index is 12.3. The van der Waals surface area contributed by atoms with Crippen LogP contribution >= 0.6 is 11.3 Å². The molecule has 31 heavy (non-hydrogen) atoms. The van der Waals surface area contributed by atoms with Gasteiger partial charge in [0.2, 0.25) is 0 Å². The summed E-state index contributed by atoms with van der Waals surface area (Å²) in [6.45, 7) is 2.17. The second kappa shape index (κ2) is 10.6. The fourth-order valence-corrected chi connectivity index (χ4v) is 4.23. The number of rotatable bonds is 6. The molecule has 3 rings (SSSR count). The molecule has 2 aromatic rings. The number of nitrogens with zero attached hydrogens (tertiary/aromatic N) is 1. The van der Waals surface area contributed by atoms with Gasteiger partial charge in [-0.3, -0.25) is 14.5 Å². The van der Waals surface area contributed by atoms with E-state index in [0.717, 1.165) is 43.6 Å². The predicted octanol–water partition coefficient (Wildman–Crippen LogP) is 4.32. The Bertz CT molecular complexity index is 849. The van der Waals surface area contributed by atoms with Crippen molar-refractivity contribution in [1.82, 2.24) is 10.2 Å². The number of carbonyl (C=O) groups is 2. The number of anilines is 1. The lowest BCUT2D eigenvalue weighted by atomic mass is 10.1. The highest BCUT2D eigenvalue weighted by Crippen LogP contribution is 2.26. The Morgan fingerprint density at radius 1 is 1.03 bits per heavy atom. The predicted molar refractivity (Wildman–Crippen MR) is 112 cm³/mol. The average molecular weight is 456 g/mol. The molecule has 2 heterocycles. The molecule has 10 heteroatoms. The molecule has 1 atom stereocenters. The van der Waals surface area contributed by atoms with Crippen LogP contribution in [0.3, 0.4) is 0 Å². The minimum absolute atomic E-state index is 0.0140. The molecule has 1 saturated heterocycles. The van der Waals surface area contributed by atoms with E-state index in [1.54, 1.807) is 11.3 Å². The molecule has 2 N–H and O–H groups in total. The van der Waals surface area contributed by atoms with Crippen molar-refractivity contribution in [3.8, 4) is 5.75 Å². The van der Waals surface area contributed by atoms with Crippen LogP contribution in [-0.4, -0.2) is 42.7 Å². The van der Waals surface area contributed by atoms with E-state index in [9.17, 15) is 22.8 Å². The third kappa shape index (κ3) is 7.25. The number of nitrogens with one attached hydrogen (secondary N) is 2. The van der Waals surface area contributed by atoms with Crippen molar-refractivity contribution in [3.05, 3.63) is 46.7 Å². The Labute approximate surface area is 182 Å². The van der Waals surface area contributed by atoms with Crippen LogP contribution in [0.15, 0.2) is 41.1 Å². The Hall–Kier alpha value is -2.59. The fraction of sp³-hybridized carbons (Fsp3) is 0.429. The molecule has 1 aliphatic rings. The highest BCUT2D eigenvalue weighted by molar-refractivity contribution is 7.08. The Kier molecular flexibility index (Phi) is 7.91. The summed E-state index contributed by atoms with van der Waals surface area (Å²) in [5, 5.41) is 9.11. The maximum Gasteiger partial charge on any atom is 0.573 e. The van der Waals surface area contributed by atoms with Gasteiger partial charge in [-0.05, 0) is 72.6 Å². The van der Waals surface area contributed by atoms with Crippen LogP contribution < -0.4 is 15.4 Å². The van der Waals surface area contributed by atoms with Gasteiger partial charge in [0, 0.05) is 12.2 Å². The van der Waals surface area contributed by atoms with E-state index < -0.39 is 23.9 Å². The van der Waals surface area contributed by atoms with Crippen molar-refractivity contribution in [2.45, 2.75) is 38.1 Å². The molecule has 0 saturated carbocycles. The second-order valence-corrected chi connectivity index (χ2v) is 8.04. The summed E-state index contributed by atoms with van der Waals surface area (Å²) in [7, 11) is 0. The van der Waals surface area contributed by atoms with Crippen molar-refractivity contribution in [3.63, 3.8) is 0 Å². The number of benzene rings is 1. The molecular weight excluding hydrogens is 431 g/mol. The van der Waals surface area contributed by atoms with Gasteiger partial charge in [0.05, 0.1) is 6.04 Å². The summed E-state index contributed by atoms with van der Waals surface area (Å²) in [5.41, 5.74) is 1.30. The summed E-state index contributed by atoms with van der Waals surface area (Å²) >= 11 is 1.58. The number of alkyl halides is 3. The Morgan fingerprint density at radius 3 is 2.29 bits per heavy atom. The first kappa shape index (κ1) is 23.1. The summed E-state index contributed by atoms with van der Waals surface area (Å²) in [6, 6.07) is 6.60. The van der Waals surface area contributed by atoms with E-state index in [4.69, 9.17) is 0 Å². The van der Waals surface area contributed by atoms with E-state index in [0.29, 0.717) is 6.54 Å². The van der Waals surface area contributed by atoms with Crippen LogP contribution in [0.25, 0.3) is 0 Å². The zero-order chi connectivity index (χ0) is 22.3. The van der Waals surface area contributed by atoms with Crippen LogP contribution in [0.1, 0.15) is 37.3 Å². The lowest BCUT2D eigenvalue weighted by Gasteiger charge is -2.30. The minimum Gasteiger partial charge on any atom is -0.406 e. The van der Waals surface area contributed by atoms with Crippen LogP contribution in [0.5, 0.6) is 5.75 Å². The SMILES string of the molecule is O=C(NCC(c1ccsc1)N1CCCCCC1)C(=O)Nc1ccc(OC(F)(F)F)cc1. The minimum atomic E-state index is -4.79. The van der Waals surface area contributed by atoms with Crippen LogP contribution in [0.2, 0.25) is 0 Å². The second-order valence-electron chi connectivity index (χ2n) is 7.26. The number of likely N-dealkylation sites (tertiary alicyclic amines) is 1. The van der Waals surface area contributed by atoms with Crippen molar-refractivity contribution >= 4 is 28.8 Å². The van der Waals surface area contributed by atoms with Crippen molar-refractivity contribution in [2.24, 2.45) is 0 Å². The molecule has 0 bridgehead atoms. The van der Waals surface area contributed by atoms with Crippen molar-refractivity contribution in [2.75, 3.05) is 25.0 Å². The van der Waals surface area contributed by atoms with Crippen LogP contribution in [0, 0.1) is 0 Å². The Morgan fingerprint density at radius 2 is 1.71 bits per heavy atom. The fourth-order valence-electron chi connectivity index (χ4n) is 3.53. The first-order valence-corrected chi connectivity index (χ1v) is 11.0. The quantitative estimate of drug-likeness (QED) is 0.637. The lowest BCUT2D eigenvalue weighted by molar-refractivity contribution is -0.274. The highest BCUT2D eigenvalue weighted by Gasteiger charge is 2.31. The first-order chi connectivity index (χ1) is 14.8. The molecule has 2 amide bonds. The lowest BCUT2D eigenvalue weighted by Crippen LogP contribution is -2.42. The zero-order valence-electron chi connectivity index (χ0n) is 16.8. The normalized spacial score (nSPS) is 16.2. The van der Waals surface area contributed by atoms with Gasteiger partial charge in [0.15, 0.2) is 0 Å².